The molecule has 2 fully saturated rings. The number of nitrogens with zero attached hydrogens (tertiary/aromatic N) is 2. The molecule has 8 nitrogen and oxygen atoms in total. The maximum atomic E-state index is 14.3. The Morgan fingerprint density at radius 2 is 1.59 bits per heavy atom. The van der Waals surface area contributed by atoms with Crippen LogP contribution in [-0.4, -0.2) is 33.9 Å². The lowest BCUT2D eigenvalue weighted by atomic mass is 9.98. The number of carbonyl (C=O) groups excluding carboxylic acids is 4. The molecule has 2 aliphatic rings. The molecule has 0 radical (unpaired) electrons. The van der Waals surface area contributed by atoms with Crippen molar-refractivity contribution in [2.45, 2.75) is 13.8 Å². The zero-order valence-corrected chi connectivity index (χ0v) is 19.6. The Morgan fingerprint density at radius 3 is 2.26 bits per heavy atom. The molecule has 2 heterocycles. The number of para-hydroxylation sites is 1. The van der Waals surface area contributed by atoms with Crippen LogP contribution in [0.1, 0.15) is 11.1 Å². The van der Waals surface area contributed by atoms with Crippen LogP contribution in [0.5, 0.6) is 0 Å². The van der Waals surface area contributed by atoms with E-state index in [9.17, 15) is 23.6 Å². The maximum Gasteiger partial charge on any atom is 0.270 e. The molecule has 2 saturated heterocycles. The van der Waals surface area contributed by atoms with Gasteiger partial charge in [0.25, 0.3) is 11.8 Å². The van der Waals surface area contributed by atoms with Crippen molar-refractivity contribution in [3.05, 3.63) is 71.1 Å². The summed E-state index contributed by atoms with van der Waals surface area (Å²) in [5.74, 6) is -5.69. The van der Waals surface area contributed by atoms with Gasteiger partial charge in [-0.25, -0.2) is 9.29 Å². The molecular formula is C23H17FN4O4S2. The van der Waals surface area contributed by atoms with Gasteiger partial charge in [-0.1, -0.05) is 18.2 Å². The maximum absolute atomic E-state index is 14.3. The van der Waals surface area contributed by atoms with Gasteiger partial charge in [-0.3, -0.25) is 29.4 Å². The number of carbonyl (C=O) groups is 4. The van der Waals surface area contributed by atoms with Crippen LogP contribution in [-0.2, 0) is 19.2 Å². The summed E-state index contributed by atoms with van der Waals surface area (Å²) in [7, 11) is 0. The predicted molar refractivity (Wildman–Crippen MR) is 130 cm³/mol. The zero-order valence-electron chi connectivity index (χ0n) is 17.9. The van der Waals surface area contributed by atoms with Crippen molar-refractivity contribution in [3.63, 3.8) is 0 Å². The van der Waals surface area contributed by atoms with Gasteiger partial charge in [-0.05, 0) is 79.8 Å². The van der Waals surface area contributed by atoms with Gasteiger partial charge in [-0.2, -0.15) is 0 Å². The third kappa shape index (κ3) is 3.99. The third-order valence-electron chi connectivity index (χ3n) is 5.48. The molecule has 11 heteroatoms. The second kappa shape index (κ2) is 8.84. The minimum Gasteiger partial charge on any atom is -0.301 e. The van der Waals surface area contributed by atoms with E-state index in [1.165, 1.54) is 18.2 Å². The van der Waals surface area contributed by atoms with E-state index in [1.54, 1.807) is 18.2 Å². The quantitative estimate of drug-likeness (QED) is 0.293. The standard InChI is InChI=1S/C23H17FN4O4S2/c1-11-7-8-13(9-12(11)2)27-20(31)14(18(29)25-22(27)33)10-15-19(30)26-23(34)28(21(15)32)17-6-4-3-5-16(17)24/h3-10,14H,1-2H3,(H,25,29,33)(H,26,30,34)/b15-10-/t14-/m0/s1. The van der Waals surface area contributed by atoms with Crippen molar-refractivity contribution in [3.8, 4) is 0 Å². The highest BCUT2D eigenvalue weighted by atomic mass is 32.1. The van der Waals surface area contributed by atoms with Crippen LogP contribution in [0.4, 0.5) is 15.8 Å². The fourth-order valence-electron chi connectivity index (χ4n) is 3.54. The summed E-state index contributed by atoms with van der Waals surface area (Å²) in [4.78, 5) is 53.6. The second-order valence-corrected chi connectivity index (χ2v) is 8.42. The zero-order chi connectivity index (χ0) is 24.7. The first-order valence-electron chi connectivity index (χ1n) is 10.0. The van der Waals surface area contributed by atoms with Crippen molar-refractivity contribution in [1.82, 2.24) is 10.6 Å². The van der Waals surface area contributed by atoms with E-state index in [-0.39, 0.29) is 15.9 Å². The molecule has 2 aromatic rings. The van der Waals surface area contributed by atoms with Crippen molar-refractivity contribution in [2.75, 3.05) is 9.80 Å². The molecule has 2 N–H and O–H groups in total. The second-order valence-electron chi connectivity index (χ2n) is 7.65. The highest BCUT2D eigenvalue weighted by molar-refractivity contribution is 7.80. The fraction of sp³-hybridized carbons (Fsp3) is 0.130. The normalized spacial score (nSPS) is 20.1. The van der Waals surface area contributed by atoms with Crippen LogP contribution in [0.2, 0.25) is 0 Å². The first-order valence-corrected chi connectivity index (χ1v) is 10.8. The van der Waals surface area contributed by atoms with Crippen molar-refractivity contribution >= 4 is 69.7 Å². The number of amides is 4. The smallest absolute Gasteiger partial charge is 0.270 e. The lowest BCUT2D eigenvalue weighted by Crippen LogP contribution is -2.59. The first-order chi connectivity index (χ1) is 16.1. The van der Waals surface area contributed by atoms with E-state index < -0.39 is 40.9 Å². The summed E-state index contributed by atoms with van der Waals surface area (Å²) in [5.41, 5.74) is 1.61. The Bertz CT molecular complexity index is 1340. The van der Waals surface area contributed by atoms with Gasteiger partial charge in [0.05, 0.1) is 11.4 Å². The number of aryl methyl sites for hydroxylation is 2. The van der Waals surface area contributed by atoms with Crippen LogP contribution >= 0.6 is 24.4 Å². The number of halogens is 1. The van der Waals surface area contributed by atoms with E-state index in [4.69, 9.17) is 24.4 Å². The van der Waals surface area contributed by atoms with Gasteiger partial charge in [-0.15, -0.1) is 0 Å². The Labute approximate surface area is 204 Å². The number of hydrogen-bond acceptors (Lipinski definition) is 6. The number of thiocarbonyl (C=S) groups is 2. The number of anilines is 2. The molecule has 0 aromatic heterocycles. The number of benzene rings is 2. The summed E-state index contributed by atoms with van der Waals surface area (Å²) in [6, 6.07) is 10.6. The fourth-order valence-corrected chi connectivity index (χ4v) is 4.11. The number of rotatable bonds is 3. The Kier molecular flexibility index (Phi) is 6.07. The summed E-state index contributed by atoms with van der Waals surface area (Å²) in [6.45, 7) is 3.77. The lowest BCUT2D eigenvalue weighted by molar-refractivity contribution is -0.131. The SMILES string of the molecule is Cc1ccc(N2C(=O)[C@@H](/C=C3/C(=O)NC(=S)N(c4ccccc4F)C3=O)C(=O)NC2=S)cc1C. The predicted octanol–water partition coefficient (Wildman–Crippen LogP) is 2.18. The van der Waals surface area contributed by atoms with Crippen LogP contribution in [0.3, 0.4) is 0 Å². The van der Waals surface area contributed by atoms with E-state index in [1.807, 2.05) is 13.8 Å². The molecule has 1 atom stereocenters. The topological polar surface area (TPSA) is 98.8 Å². The van der Waals surface area contributed by atoms with Crippen LogP contribution in [0, 0.1) is 25.6 Å². The molecule has 0 bridgehead atoms. The highest BCUT2D eigenvalue weighted by Crippen LogP contribution is 2.27. The molecule has 0 unspecified atom stereocenters. The molecule has 4 rings (SSSR count). The van der Waals surface area contributed by atoms with Crippen molar-refractivity contribution in [2.24, 2.45) is 5.92 Å². The van der Waals surface area contributed by atoms with Gasteiger partial charge in [0.15, 0.2) is 10.2 Å². The average Bonchev–Trinajstić information content (AvgIpc) is 2.76. The van der Waals surface area contributed by atoms with Crippen molar-refractivity contribution in [1.29, 1.82) is 0 Å². The molecule has 0 aliphatic carbocycles. The van der Waals surface area contributed by atoms with Gasteiger partial charge in [0.2, 0.25) is 11.8 Å². The molecule has 0 saturated carbocycles. The average molecular weight is 497 g/mol. The van der Waals surface area contributed by atoms with Gasteiger partial charge >= 0.3 is 0 Å². The van der Waals surface area contributed by atoms with E-state index in [2.05, 4.69) is 10.6 Å². The van der Waals surface area contributed by atoms with Crippen LogP contribution in [0.25, 0.3) is 0 Å². The van der Waals surface area contributed by atoms with E-state index >= 15 is 0 Å². The molecule has 34 heavy (non-hydrogen) atoms. The van der Waals surface area contributed by atoms with Gasteiger partial charge < -0.3 is 5.32 Å². The minimum atomic E-state index is -1.54. The first kappa shape index (κ1) is 23.3. The summed E-state index contributed by atoms with van der Waals surface area (Å²) in [6.07, 6.45) is 0.945. The number of hydrogen-bond donors (Lipinski definition) is 2. The van der Waals surface area contributed by atoms with Gasteiger partial charge in [0, 0.05) is 0 Å². The van der Waals surface area contributed by atoms with Crippen LogP contribution in [0.15, 0.2) is 54.1 Å². The molecular weight excluding hydrogens is 479 g/mol. The molecule has 4 amide bonds. The van der Waals surface area contributed by atoms with Gasteiger partial charge in [0.1, 0.15) is 17.3 Å². The largest absolute Gasteiger partial charge is 0.301 e. The summed E-state index contributed by atoms with van der Waals surface area (Å²) >= 11 is 10.2. The molecule has 2 aromatic carbocycles. The third-order valence-corrected chi connectivity index (χ3v) is 6.05. The van der Waals surface area contributed by atoms with Crippen molar-refractivity contribution < 1.29 is 23.6 Å². The monoisotopic (exact) mass is 496 g/mol. The molecule has 172 valence electrons. The van der Waals surface area contributed by atoms with E-state index in [0.29, 0.717) is 5.69 Å². The Hall–Kier alpha value is -3.83. The Morgan fingerprint density at radius 1 is 0.912 bits per heavy atom. The summed E-state index contributed by atoms with van der Waals surface area (Å²) < 4.78 is 14.3. The minimum absolute atomic E-state index is 0.124. The van der Waals surface area contributed by atoms with Crippen LogP contribution < -0.4 is 20.4 Å². The number of nitrogens with one attached hydrogen (secondary N) is 2. The summed E-state index contributed by atoms with van der Waals surface area (Å²) in [5, 5.41) is 4.29. The highest BCUT2D eigenvalue weighted by Gasteiger charge is 2.42. The van der Waals surface area contributed by atoms with E-state index in [0.717, 1.165) is 33.1 Å². The molecule has 0 spiro atoms. The molecule has 2 aliphatic heterocycles. The lowest BCUT2D eigenvalue weighted by Gasteiger charge is -2.33. The Balaban J connectivity index is 1.73.